The van der Waals surface area contributed by atoms with Crippen LogP contribution in [-0.4, -0.2) is 49.7 Å². The molecule has 0 radical (unpaired) electrons. The molecule has 0 atom stereocenters. The number of ether oxygens (including phenoxy) is 1. The second-order valence-corrected chi connectivity index (χ2v) is 9.50. The van der Waals surface area contributed by atoms with E-state index in [4.69, 9.17) is 4.74 Å². The van der Waals surface area contributed by atoms with E-state index in [9.17, 15) is 13.2 Å². The standard InChI is InChI=1S/C18H23N3O4S2/c1-4-9-21-15-6-5-14(25-2)12-16(15)26-18(21)19-17(22)13-7-10-20(11-8-13)27(3,23)24/h4-6,12-13H,1,7-11H2,2-3H3. The third kappa shape index (κ3) is 4.31. The molecule has 3 rings (SSSR count). The Labute approximate surface area is 162 Å². The number of hydrogen-bond donors (Lipinski definition) is 0. The smallest absolute Gasteiger partial charge is 0.251 e. The Balaban J connectivity index is 1.89. The Hall–Kier alpha value is -1.97. The van der Waals surface area contributed by atoms with E-state index in [-0.39, 0.29) is 11.8 Å². The van der Waals surface area contributed by atoms with Crippen molar-refractivity contribution in [2.24, 2.45) is 10.9 Å². The predicted octanol–water partition coefficient (Wildman–Crippen LogP) is 2.00. The fourth-order valence-electron chi connectivity index (χ4n) is 3.19. The van der Waals surface area contributed by atoms with E-state index in [2.05, 4.69) is 11.6 Å². The van der Waals surface area contributed by atoms with Gasteiger partial charge in [0.25, 0.3) is 5.91 Å². The largest absolute Gasteiger partial charge is 0.497 e. The molecule has 0 aliphatic carbocycles. The van der Waals surface area contributed by atoms with Gasteiger partial charge in [0.05, 0.1) is 23.6 Å². The summed E-state index contributed by atoms with van der Waals surface area (Å²) in [4.78, 5) is 17.7. The monoisotopic (exact) mass is 409 g/mol. The van der Waals surface area contributed by atoms with Gasteiger partial charge in [-0.1, -0.05) is 17.4 Å². The van der Waals surface area contributed by atoms with Crippen LogP contribution in [0.5, 0.6) is 5.75 Å². The molecular formula is C18H23N3O4S2. The van der Waals surface area contributed by atoms with Gasteiger partial charge < -0.3 is 9.30 Å². The normalized spacial score (nSPS) is 17.3. The van der Waals surface area contributed by atoms with E-state index >= 15 is 0 Å². The summed E-state index contributed by atoms with van der Waals surface area (Å²) in [5.41, 5.74) is 0.971. The summed E-state index contributed by atoms with van der Waals surface area (Å²) < 4.78 is 32.9. The quantitative estimate of drug-likeness (QED) is 0.708. The lowest BCUT2D eigenvalue weighted by Gasteiger charge is -2.28. The first-order valence-corrected chi connectivity index (χ1v) is 11.3. The summed E-state index contributed by atoms with van der Waals surface area (Å²) in [5, 5.41) is 0. The van der Waals surface area contributed by atoms with Gasteiger partial charge in [-0.2, -0.15) is 4.99 Å². The second kappa shape index (κ2) is 7.95. The number of carbonyl (C=O) groups is 1. The van der Waals surface area contributed by atoms with E-state index < -0.39 is 10.0 Å². The Kier molecular flexibility index (Phi) is 5.83. The number of fused-ring (bicyclic) bond motifs is 1. The van der Waals surface area contributed by atoms with Crippen LogP contribution in [0.4, 0.5) is 0 Å². The number of thiazole rings is 1. The highest BCUT2D eigenvalue weighted by Crippen LogP contribution is 2.24. The minimum absolute atomic E-state index is 0.195. The van der Waals surface area contributed by atoms with Crippen LogP contribution in [0.15, 0.2) is 35.8 Å². The highest BCUT2D eigenvalue weighted by molar-refractivity contribution is 7.88. The maximum absolute atomic E-state index is 12.7. The number of allylic oxidation sites excluding steroid dienone is 1. The molecule has 2 heterocycles. The van der Waals surface area contributed by atoms with Crippen molar-refractivity contribution in [1.82, 2.24) is 8.87 Å². The SMILES string of the molecule is C=CCn1c(=NC(=O)C2CCN(S(C)(=O)=O)CC2)sc2cc(OC)ccc21. The summed E-state index contributed by atoms with van der Waals surface area (Å²) in [7, 11) is -1.59. The molecule has 1 fully saturated rings. The first kappa shape index (κ1) is 19.8. The van der Waals surface area contributed by atoms with Crippen molar-refractivity contribution < 1.29 is 17.9 Å². The van der Waals surface area contributed by atoms with E-state index in [1.807, 2.05) is 22.8 Å². The molecule has 9 heteroatoms. The van der Waals surface area contributed by atoms with Crippen LogP contribution in [0.2, 0.25) is 0 Å². The van der Waals surface area contributed by atoms with Gasteiger partial charge in [0.1, 0.15) is 5.75 Å². The number of sulfonamides is 1. The third-order valence-corrected chi connectivity index (χ3v) is 7.02. The number of benzene rings is 1. The van der Waals surface area contributed by atoms with Crippen LogP contribution in [0, 0.1) is 5.92 Å². The molecular weight excluding hydrogens is 386 g/mol. The number of aromatic nitrogens is 1. The maximum atomic E-state index is 12.7. The van der Waals surface area contributed by atoms with E-state index in [1.165, 1.54) is 21.9 Å². The Bertz CT molecular complexity index is 1030. The molecule has 0 bridgehead atoms. The molecule has 0 N–H and O–H groups in total. The molecule has 1 aromatic heterocycles. The van der Waals surface area contributed by atoms with Crippen molar-refractivity contribution in [3.05, 3.63) is 35.7 Å². The van der Waals surface area contributed by atoms with Crippen molar-refractivity contribution in [3.63, 3.8) is 0 Å². The number of carbonyl (C=O) groups excluding carboxylic acids is 1. The highest BCUT2D eigenvalue weighted by atomic mass is 32.2. The molecule has 146 valence electrons. The average Bonchev–Trinajstić information content (AvgIpc) is 2.97. The molecule has 1 aromatic carbocycles. The van der Waals surface area contributed by atoms with Crippen LogP contribution in [0.3, 0.4) is 0 Å². The molecule has 7 nitrogen and oxygen atoms in total. The number of amides is 1. The molecule has 1 amide bonds. The van der Waals surface area contributed by atoms with Crippen LogP contribution in [0.25, 0.3) is 10.2 Å². The molecule has 1 aliphatic rings. The minimum atomic E-state index is -3.21. The van der Waals surface area contributed by atoms with E-state index in [0.717, 1.165) is 16.0 Å². The lowest BCUT2D eigenvalue weighted by molar-refractivity contribution is -0.122. The summed E-state index contributed by atoms with van der Waals surface area (Å²) in [5.74, 6) is 0.306. The first-order valence-electron chi connectivity index (χ1n) is 8.65. The van der Waals surface area contributed by atoms with Crippen molar-refractivity contribution in [2.75, 3.05) is 26.5 Å². The van der Waals surface area contributed by atoms with Gasteiger partial charge in [-0.05, 0) is 31.0 Å². The van der Waals surface area contributed by atoms with Gasteiger partial charge in [-0.3, -0.25) is 4.79 Å². The molecule has 0 unspecified atom stereocenters. The topological polar surface area (TPSA) is 81.0 Å². The minimum Gasteiger partial charge on any atom is -0.497 e. The zero-order valence-corrected chi connectivity index (χ0v) is 17.1. The molecule has 1 saturated heterocycles. The lowest BCUT2D eigenvalue weighted by Crippen LogP contribution is -2.39. The van der Waals surface area contributed by atoms with Gasteiger partial charge in [0, 0.05) is 25.6 Å². The zero-order valence-electron chi connectivity index (χ0n) is 15.4. The number of nitrogens with zero attached hydrogens (tertiary/aromatic N) is 3. The molecule has 27 heavy (non-hydrogen) atoms. The number of rotatable bonds is 5. The number of hydrogen-bond acceptors (Lipinski definition) is 5. The fourth-order valence-corrected chi connectivity index (χ4v) is 5.14. The molecule has 2 aromatic rings. The lowest BCUT2D eigenvalue weighted by atomic mass is 9.98. The number of piperidine rings is 1. The summed E-state index contributed by atoms with van der Waals surface area (Å²) >= 11 is 1.43. The number of methoxy groups -OCH3 is 1. The highest BCUT2D eigenvalue weighted by Gasteiger charge is 2.28. The van der Waals surface area contributed by atoms with Gasteiger partial charge >= 0.3 is 0 Å². The maximum Gasteiger partial charge on any atom is 0.251 e. The Morgan fingerprint density at radius 3 is 2.70 bits per heavy atom. The van der Waals surface area contributed by atoms with Gasteiger partial charge in [0.15, 0.2) is 4.80 Å². The van der Waals surface area contributed by atoms with Gasteiger partial charge in [0.2, 0.25) is 10.0 Å². The van der Waals surface area contributed by atoms with Crippen molar-refractivity contribution in [1.29, 1.82) is 0 Å². The van der Waals surface area contributed by atoms with Gasteiger partial charge in [-0.25, -0.2) is 12.7 Å². The fraction of sp³-hybridized carbons (Fsp3) is 0.444. The van der Waals surface area contributed by atoms with Crippen molar-refractivity contribution >= 4 is 37.5 Å². The predicted molar refractivity (Wildman–Crippen MR) is 106 cm³/mol. The Morgan fingerprint density at radius 2 is 2.11 bits per heavy atom. The molecule has 1 aliphatic heterocycles. The van der Waals surface area contributed by atoms with Crippen molar-refractivity contribution in [3.8, 4) is 5.75 Å². The zero-order chi connectivity index (χ0) is 19.6. The summed E-state index contributed by atoms with van der Waals surface area (Å²) in [6.07, 6.45) is 3.96. The second-order valence-electron chi connectivity index (χ2n) is 6.50. The summed E-state index contributed by atoms with van der Waals surface area (Å²) in [6.45, 7) is 5.06. The van der Waals surface area contributed by atoms with Crippen LogP contribution in [0.1, 0.15) is 12.8 Å². The molecule has 0 saturated carbocycles. The molecule has 0 spiro atoms. The third-order valence-electron chi connectivity index (χ3n) is 4.68. The first-order chi connectivity index (χ1) is 12.8. The van der Waals surface area contributed by atoms with Crippen molar-refractivity contribution in [2.45, 2.75) is 19.4 Å². The van der Waals surface area contributed by atoms with Gasteiger partial charge in [-0.15, -0.1) is 6.58 Å². The van der Waals surface area contributed by atoms with Crippen LogP contribution in [-0.2, 0) is 21.4 Å². The van der Waals surface area contributed by atoms with E-state index in [1.54, 1.807) is 13.2 Å². The van der Waals surface area contributed by atoms with Crippen LogP contribution >= 0.6 is 11.3 Å². The summed E-state index contributed by atoms with van der Waals surface area (Å²) in [6, 6.07) is 5.75. The average molecular weight is 410 g/mol. The van der Waals surface area contributed by atoms with Crippen LogP contribution < -0.4 is 9.54 Å². The van der Waals surface area contributed by atoms with E-state index in [0.29, 0.717) is 37.3 Å². The Morgan fingerprint density at radius 1 is 1.41 bits per heavy atom.